The van der Waals surface area contributed by atoms with Crippen LogP contribution in [0.25, 0.3) is 0 Å². The number of benzene rings is 1. The first-order chi connectivity index (χ1) is 8.34. The van der Waals surface area contributed by atoms with Crippen molar-refractivity contribution in [1.29, 1.82) is 0 Å². The lowest BCUT2D eigenvalue weighted by Gasteiger charge is -2.31. The fraction of sp³-hybridized carbons (Fsp3) is 0.500. The highest BCUT2D eigenvalue weighted by Crippen LogP contribution is 2.38. The third kappa shape index (κ3) is 1.98. The van der Waals surface area contributed by atoms with Gasteiger partial charge in [-0.3, -0.25) is 0 Å². The number of nitrogens with zero attached hydrogens (tertiary/aromatic N) is 1. The standard InChI is InChI=1S/C12H16N2O3/c13-9-7-11-12(17-6-5-16-11)8-10(9)14-1-3-15-4-2-14/h7-8H,1-6,13H2. The molecule has 0 unspecified atom stereocenters. The number of fused-ring (bicyclic) bond motifs is 1. The van der Waals surface area contributed by atoms with Crippen LogP contribution in [0.5, 0.6) is 11.5 Å². The summed E-state index contributed by atoms with van der Waals surface area (Å²) in [7, 11) is 0. The summed E-state index contributed by atoms with van der Waals surface area (Å²) in [6.07, 6.45) is 0. The van der Waals surface area contributed by atoms with Gasteiger partial charge in [0, 0.05) is 25.2 Å². The van der Waals surface area contributed by atoms with Crippen LogP contribution < -0.4 is 20.1 Å². The lowest BCUT2D eigenvalue weighted by molar-refractivity contribution is 0.122. The lowest BCUT2D eigenvalue weighted by atomic mass is 10.2. The molecule has 0 amide bonds. The SMILES string of the molecule is Nc1cc2c(cc1N1CCOCC1)OCCO2. The van der Waals surface area contributed by atoms with Crippen LogP contribution in [0.15, 0.2) is 12.1 Å². The molecule has 0 bridgehead atoms. The van der Waals surface area contributed by atoms with Gasteiger partial charge in [-0.05, 0) is 0 Å². The summed E-state index contributed by atoms with van der Waals surface area (Å²) >= 11 is 0. The molecule has 1 fully saturated rings. The van der Waals surface area contributed by atoms with E-state index in [9.17, 15) is 0 Å². The van der Waals surface area contributed by atoms with Crippen LogP contribution in [0.2, 0.25) is 0 Å². The first kappa shape index (κ1) is 10.5. The minimum atomic E-state index is 0.587. The van der Waals surface area contributed by atoms with E-state index in [-0.39, 0.29) is 0 Å². The molecular formula is C12H16N2O3. The van der Waals surface area contributed by atoms with E-state index in [1.165, 1.54) is 0 Å². The lowest BCUT2D eigenvalue weighted by Crippen LogP contribution is -2.36. The highest BCUT2D eigenvalue weighted by atomic mass is 16.6. The van der Waals surface area contributed by atoms with Crippen molar-refractivity contribution in [2.45, 2.75) is 0 Å². The van der Waals surface area contributed by atoms with Crippen LogP contribution in [-0.2, 0) is 4.74 Å². The van der Waals surface area contributed by atoms with Crippen LogP contribution in [0, 0.1) is 0 Å². The number of hydrogen-bond acceptors (Lipinski definition) is 5. The molecule has 17 heavy (non-hydrogen) atoms. The minimum absolute atomic E-state index is 0.587. The van der Waals surface area contributed by atoms with Gasteiger partial charge in [-0.2, -0.15) is 0 Å². The van der Waals surface area contributed by atoms with E-state index in [1.54, 1.807) is 0 Å². The van der Waals surface area contributed by atoms with Crippen molar-refractivity contribution in [2.75, 3.05) is 50.2 Å². The fourth-order valence-corrected chi connectivity index (χ4v) is 2.17. The monoisotopic (exact) mass is 236 g/mol. The van der Waals surface area contributed by atoms with Gasteiger partial charge in [-0.15, -0.1) is 0 Å². The van der Waals surface area contributed by atoms with E-state index in [0.717, 1.165) is 49.2 Å². The zero-order valence-corrected chi connectivity index (χ0v) is 9.65. The molecule has 92 valence electrons. The maximum absolute atomic E-state index is 6.06. The first-order valence-corrected chi connectivity index (χ1v) is 5.86. The van der Waals surface area contributed by atoms with E-state index in [0.29, 0.717) is 13.2 Å². The van der Waals surface area contributed by atoms with Crippen molar-refractivity contribution in [3.8, 4) is 11.5 Å². The summed E-state index contributed by atoms with van der Waals surface area (Å²) in [5.74, 6) is 1.53. The van der Waals surface area contributed by atoms with Gasteiger partial charge in [0.2, 0.25) is 0 Å². The molecule has 5 heteroatoms. The molecule has 0 aromatic heterocycles. The Morgan fingerprint density at radius 1 is 0.941 bits per heavy atom. The third-order valence-corrected chi connectivity index (χ3v) is 3.04. The molecular weight excluding hydrogens is 220 g/mol. The Hall–Kier alpha value is -1.62. The molecule has 0 aliphatic carbocycles. The molecule has 0 saturated carbocycles. The van der Waals surface area contributed by atoms with Gasteiger partial charge in [0.25, 0.3) is 0 Å². The molecule has 2 N–H and O–H groups in total. The maximum atomic E-state index is 6.06. The molecule has 0 atom stereocenters. The number of nitrogen functional groups attached to an aromatic ring is 1. The smallest absolute Gasteiger partial charge is 0.163 e. The van der Waals surface area contributed by atoms with Crippen molar-refractivity contribution in [3.63, 3.8) is 0 Å². The summed E-state index contributed by atoms with van der Waals surface area (Å²) in [5.41, 5.74) is 7.80. The van der Waals surface area contributed by atoms with Gasteiger partial charge >= 0.3 is 0 Å². The number of morpholine rings is 1. The summed E-state index contributed by atoms with van der Waals surface area (Å²) in [6.45, 7) is 4.40. The van der Waals surface area contributed by atoms with Crippen LogP contribution in [0.3, 0.4) is 0 Å². The van der Waals surface area contributed by atoms with Crippen molar-refractivity contribution in [3.05, 3.63) is 12.1 Å². The first-order valence-electron chi connectivity index (χ1n) is 5.86. The predicted molar refractivity (Wildman–Crippen MR) is 64.9 cm³/mol. The molecule has 2 aliphatic heterocycles. The number of rotatable bonds is 1. The van der Waals surface area contributed by atoms with Crippen molar-refractivity contribution in [2.24, 2.45) is 0 Å². The Kier molecular flexibility index (Phi) is 2.68. The average molecular weight is 236 g/mol. The van der Waals surface area contributed by atoms with Crippen LogP contribution >= 0.6 is 0 Å². The Bertz CT molecular complexity index is 416. The predicted octanol–water partition coefficient (Wildman–Crippen LogP) is 0.877. The molecule has 1 aromatic rings. The molecule has 1 aromatic carbocycles. The zero-order valence-electron chi connectivity index (χ0n) is 9.65. The molecule has 3 rings (SSSR count). The van der Waals surface area contributed by atoms with Gasteiger partial charge in [-0.1, -0.05) is 0 Å². The quantitative estimate of drug-likeness (QED) is 0.733. The van der Waals surface area contributed by atoms with Crippen LogP contribution in [0.1, 0.15) is 0 Å². The van der Waals surface area contributed by atoms with Crippen molar-refractivity contribution < 1.29 is 14.2 Å². The van der Waals surface area contributed by atoms with Gasteiger partial charge < -0.3 is 24.8 Å². The van der Waals surface area contributed by atoms with Crippen molar-refractivity contribution >= 4 is 11.4 Å². The minimum Gasteiger partial charge on any atom is -0.486 e. The summed E-state index contributed by atoms with van der Waals surface area (Å²) < 4.78 is 16.4. The van der Waals surface area contributed by atoms with Gasteiger partial charge in [0.05, 0.1) is 24.6 Å². The maximum Gasteiger partial charge on any atom is 0.163 e. The molecule has 0 radical (unpaired) electrons. The molecule has 2 aliphatic rings. The van der Waals surface area contributed by atoms with Gasteiger partial charge in [0.15, 0.2) is 11.5 Å². The Morgan fingerprint density at radius 2 is 1.59 bits per heavy atom. The van der Waals surface area contributed by atoms with E-state index in [4.69, 9.17) is 19.9 Å². The molecule has 0 spiro atoms. The molecule has 5 nitrogen and oxygen atoms in total. The number of hydrogen-bond donors (Lipinski definition) is 1. The van der Waals surface area contributed by atoms with Gasteiger partial charge in [-0.25, -0.2) is 0 Å². The Labute approximate surface area is 100 Å². The number of nitrogens with two attached hydrogens (primary N) is 1. The number of ether oxygens (including phenoxy) is 3. The van der Waals surface area contributed by atoms with E-state index >= 15 is 0 Å². The van der Waals surface area contributed by atoms with Crippen molar-refractivity contribution in [1.82, 2.24) is 0 Å². The van der Waals surface area contributed by atoms with E-state index < -0.39 is 0 Å². The van der Waals surface area contributed by atoms with E-state index in [1.807, 2.05) is 12.1 Å². The summed E-state index contributed by atoms with van der Waals surface area (Å²) in [5, 5.41) is 0. The average Bonchev–Trinajstić information content (AvgIpc) is 2.39. The Morgan fingerprint density at radius 3 is 2.29 bits per heavy atom. The molecule has 1 saturated heterocycles. The fourth-order valence-electron chi connectivity index (χ4n) is 2.17. The highest BCUT2D eigenvalue weighted by molar-refractivity contribution is 5.73. The third-order valence-electron chi connectivity index (χ3n) is 3.04. The topological polar surface area (TPSA) is 57.0 Å². The Balaban J connectivity index is 1.93. The summed E-state index contributed by atoms with van der Waals surface area (Å²) in [4.78, 5) is 2.22. The molecule has 2 heterocycles. The van der Waals surface area contributed by atoms with Gasteiger partial charge in [0.1, 0.15) is 13.2 Å². The second-order valence-corrected chi connectivity index (χ2v) is 4.15. The second-order valence-electron chi connectivity index (χ2n) is 4.15. The number of anilines is 2. The van der Waals surface area contributed by atoms with Crippen LogP contribution in [0.4, 0.5) is 11.4 Å². The van der Waals surface area contributed by atoms with Crippen LogP contribution in [-0.4, -0.2) is 39.5 Å². The normalized spacial score (nSPS) is 19.2. The highest BCUT2D eigenvalue weighted by Gasteiger charge is 2.19. The largest absolute Gasteiger partial charge is 0.486 e. The zero-order chi connectivity index (χ0) is 11.7. The summed E-state index contributed by atoms with van der Waals surface area (Å²) in [6, 6.07) is 3.81. The second kappa shape index (κ2) is 4.33. The van der Waals surface area contributed by atoms with E-state index in [2.05, 4.69) is 4.90 Å².